The Kier molecular flexibility index (Phi) is 3.22. The van der Waals surface area contributed by atoms with E-state index in [2.05, 4.69) is 6.07 Å². The lowest BCUT2D eigenvalue weighted by molar-refractivity contribution is 0.0698. The fourth-order valence-corrected chi connectivity index (χ4v) is 2.98. The third-order valence-corrected chi connectivity index (χ3v) is 3.71. The Morgan fingerprint density at radius 3 is 2.35 bits per heavy atom. The highest BCUT2D eigenvalue weighted by Crippen LogP contribution is 2.35. The molecule has 88 valence electrons. The lowest BCUT2D eigenvalue weighted by Crippen LogP contribution is -1.97. The lowest BCUT2D eigenvalue weighted by Gasteiger charge is -2.05. The number of benzene rings is 1. The van der Waals surface area contributed by atoms with Gasteiger partial charge >= 0.3 is 5.97 Å². The molecule has 0 aliphatic carbocycles. The zero-order valence-corrected chi connectivity index (χ0v) is 11.0. The first-order valence-electron chi connectivity index (χ1n) is 5.08. The third-order valence-electron chi connectivity index (χ3n) is 2.49. The van der Waals surface area contributed by atoms with Crippen LogP contribution in [-0.2, 0) is 0 Å². The van der Waals surface area contributed by atoms with Crippen LogP contribution in [0.4, 0.5) is 0 Å². The summed E-state index contributed by atoms with van der Waals surface area (Å²) in [6.45, 7) is 3.98. The van der Waals surface area contributed by atoms with Crippen molar-refractivity contribution in [2.75, 3.05) is 0 Å². The molecule has 4 heteroatoms. The van der Waals surface area contributed by atoms with E-state index in [1.165, 1.54) is 11.3 Å². The fourth-order valence-electron chi connectivity index (χ4n) is 1.88. The van der Waals surface area contributed by atoms with E-state index in [4.69, 9.17) is 16.7 Å². The predicted octanol–water partition coefficient (Wildman–Crippen LogP) is 4.38. The minimum Gasteiger partial charge on any atom is -0.478 e. The van der Waals surface area contributed by atoms with Crippen molar-refractivity contribution in [2.24, 2.45) is 0 Å². The van der Waals surface area contributed by atoms with Gasteiger partial charge in [-0.3, -0.25) is 0 Å². The van der Waals surface area contributed by atoms with Crippen LogP contribution in [0.1, 0.15) is 21.5 Å². The van der Waals surface area contributed by atoms with Gasteiger partial charge in [-0.15, -0.1) is 11.3 Å². The number of carboxylic acids is 1. The van der Waals surface area contributed by atoms with Gasteiger partial charge in [-0.2, -0.15) is 0 Å². The van der Waals surface area contributed by atoms with Gasteiger partial charge in [0.25, 0.3) is 0 Å². The van der Waals surface area contributed by atoms with Gasteiger partial charge in [-0.25, -0.2) is 4.79 Å². The van der Waals surface area contributed by atoms with Crippen molar-refractivity contribution < 1.29 is 9.90 Å². The topological polar surface area (TPSA) is 37.3 Å². The van der Waals surface area contributed by atoms with E-state index < -0.39 is 5.97 Å². The standard InChI is InChI=1S/C13H11ClO2S/c1-7-3-8(2)5-9(4-7)10-6-17-12(14)11(10)13(15)16/h3-6H,1-2H3,(H,15,16). The molecule has 0 fully saturated rings. The van der Waals surface area contributed by atoms with Crippen molar-refractivity contribution in [3.63, 3.8) is 0 Å². The summed E-state index contributed by atoms with van der Waals surface area (Å²) in [4.78, 5) is 11.2. The number of aromatic carboxylic acids is 1. The summed E-state index contributed by atoms with van der Waals surface area (Å²) in [5, 5.41) is 10.9. The average Bonchev–Trinajstić information content (AvgIpc) is 2.58. The number of hydrogen-bond acceptors (Lipinski definition) is 2. The number of thiophene rings is 1. The zero-order chi connectivity index (χ0) is 12.6. The summed E-state index contributed by atoms with van der Waals surface area (Å²) in [6, 6.07) is 5.99. The molecule has 17 heavy (non-hydrogen) atoms. The van der Waals surface area contributed by atoms with E-state index in [-0.39, 0.29) is 5.56 Å². The van der Waals surface area contributed by atoms with Crippen molar-refractivity contribution >= 4 is 28.9 Å². The molecule has 1 aromatic carbocycles. The van der Waals surface area contributed by atoms with E-state index in [1.54, 1.807) is 5.38 Å². The summed E-state index contributed by atoms with van der Waals surface area (Å²) in [7, 11) is 0. The number of hydrogen-bond donors (Lipinski definition) is 1. The number of halogens is 1. The minimum absolute atomic E-state index is 0.196. The predicted molar refractivity (Wildman–Crippen MR) is 71.2 cm³/mol. The van der Waals surface area contributed by atoms with Crippen molar-refractivity contribution in [3.8, 4) is 11.1 Å². The van der Waals surface area contributed by atoms with E-state index in [0.717, 1.165) is 16.7 Å². The zero-order valence-electron chi connectivity index (χ0n) is 9.45. The Morgan fingerprint density at radius 1 is 1.24 bits per heavy atom. The van der Waals surface area contributed by atoms with Gasteiger partial charge in [0, 0.05) is 10.9 Å². The molecule has 1 aromatic heterocycles. The first-order valence-corrected chi connectivity index (χ1v) is 6.33. The van der Waals surface area contributed by atoms with Gasteiger partial charge < -0.3 is 5.11 Å². The molecule has 1 N–H and O–H groups in total. The van der Waals surface area contributed by atoms with E-state index >= 15 is 0 Å². The summed E-state index contributed by atoms with van der Waals surface area (Å²) < 4.78 is 0.326. The summed E-state index contributed by atoms with van der Waals surface area (Å²) in [5.74, 6) is -0.981. The molecular weight excluding hydrogens is 256 g/mol. The van der Waals surface area contributed by atoms with Crippen LogP contribution >= 0.6 is 22.9 Å². The minimum atomic E-state index is -0.981. The molecule has 0 saturated heterocycles. The normalized spacial score (nSPS) is 10.5. The quantitative estimate of drug-likeness (QED) is 0.876. The second-order valence-electron chi connectivity index (χ2n) is 3.98. The van der Waals surface area contributed by atoms with Crippen LogP contribution in [0.3, 0.4) is 0 Å². The molecule has 2 aromatic rings. The van der Waals surface area contributed by atoms with Crippen LogP contribution in [0.2, 0.25) is 4.34 Å². The van der Waals surface area contributed by atoms with Crippen LogP contribution in [-0.4, -0.2) is 11.1 Å². The molecule has 0 aliphatic rings. The van der Waals surface area contributed by atoms with Crippen molar-refractivity contribution in [2.45, 2.75) is 13.8 Å². The number of aryl methyl sites for hydroxylation is 2. The number of rotatable bonds is 2. The van der Waals surface area contributed by atoms with Gasteiger partial charge in [0.05, 0.1) is 5.56 Å². The summed E-state index contributed by atoms with van der Waals surface area (Å²) in [5.41, 5.74) is 4.02. The fraction of sp³-hybridized carbons (Fsp3) is 0.154. The van der Waals surface area contributed by atoms with E-state index in [1.807, 2.05) is 26.0 Å². The highest BCUT2D eigenvalue weighted by atomic mass is 35.5. The van der Waals surface area contributed by atoms with E-state index in [9.17, 15) is 4.79 Å². The van der Waals surface area contributed by atoms with Gasteiger partial charge in [-0.05, 0) is 19.4 Å². The Morgan fingerprint density at radius 2 is 1.82 bits per heavy atom. The van der Waals surface area contributed by atoms with Gasteiger partial charge in [-0.1, -0.05) is 40.9 Å². The first kappa shape index (κ1) is 12.1. The number of carboxylic acid groups (broad SMARTS) is 1. The second kappa shape index (κ2) is 4.51. The van der Waals surface area contributed by atoms with Crippen LogP contribution in [0.15, 0.2) is 23.6 Å². The molecule has 2 rings (SSSR count). The highest BCUT2D eigenvalue weighted by molar-refractivity contribution is 7.15. The molecule has 2 nitrogen and oxygen atoms in total. The summed E-state index contributed by atoms with van der Waals surface area (Å²) >= 11 is 7.16. The Labute approximate surface area is 108 Å². The maximum absolute atomic E-state index is 11.2. The van der Waals surface area contributed by atoms with Crippen LogP contribution in [0.25, 0.3) is 11.1 Å². The summed E-state index contributed by atoms with van der Waals surface area (Å²) in [6.07, 6.45) is 0. The maximum atomic E-state index is 11.2. The third kappa shape index (κ3) is 2.35. The molecule has 0 aliphatic heterocycles. The monoisotopic (exact) mass is 266 g/mol. The molecule has 0 amide bonds. The van der Waals surface area contributed by atoms with Crippen LogP contribution in [0.5, 0.6) is 0 Å². The second-order valence-corrected chi connectivity index (χ2v) is 5.46. The van der Waals surface area contributed by atoms with Crippen molar-refractivity contribution in [1.82, 2.24) is 0 Å². The SMILES string of the molecule is Cc1cc(C)cc(-c2csc(Cl)c2C(=O)O)c1. The Hall–Kier alpha value is -1.32. The van der Waals surface area contributed by atoms with E-state index in [0.29, 0.717) is 9.90 Å². The smallest absolute Gasteiger partial charge is 0.338 e. The Bertz CT molecular complexity index is 567. The van der Waals surface area contributed by atoms with Crippen LogP contribution < -0.4 is 0 Å². The molecule has 0 spiro atoms. The number of carbonyl (C=O) groups is 1. The average molecular weight is 267 g/mol. The molecule has 0 saturated carbocycles. The largest absolute Gasteiger partial charge is 0.478 e. The molecule has 0 unspecified atom stereocenters. The van der Waals surface area contributed by atoms with Gasteiger partial charge in [0.1, 0.15) is 4.34 Å². The maximum Gasteiger partial charge on any atom is 0.338 e. The van der Waals surface area contributed by atoms with Crippen molar-refractivity contribution in [1.29, 1.82) is 0 Å². The van der Waals surface area contributed by atoms with Crippen LogP contribution in [0, 0.1) is 13.8 Å². The van der Waals surface area contributed by atoms with Gasteiger partial charge in [0.15, 0.2) is 0 Å². The molecule has 1 heterocycles. The lowest BCUT2D eigenvalue weighted by atomic mass is 10.0. The molecule has 0 bridgehead atoms. The molecule has 0 atom stereocenters. The van der Waals surface area contributed by atoms with Gasteiger partial charge in [0.2, 0.25) is 0 Å². The first-order chi connectivity index (χ1) is 7.99. The molecular formula is C13H11ClO2S. The van der Waals surface area contributed by atoms with Crippen molar-refractivity contribution in [3.05, 3.63) is 44.6 Å². The Balaban J connectivity index is 2.64. The highest BCUT2D eigenvalue weighted by Gasteiger charge is 2.18. The molecule has 0 radical (unpaired) electrons.